The number of aryl methyl sites for hydroxylation is 1. The highest BCUT2D eigenvalue weighted by Gasteiger charge is 2.53. The van der Waals surface area contributed by atoms with E-state index in [0.29, 0.717) is 51.4 Å². The highest BCUT2D eigenvalue weighted by atomic mass is 35.5. The first kappa shape index (κ1) is 81.2. The van der Waals surface area contributed by atoms with E-state index in [-0.39, 0.29) is 108 Å². The number of carbonyl (C=O) groups is 12. The maximum Gasteiger partial charge on any atom is 0.417 e. The zero-order valence-electron chi connectivity index (χ0n) is 61.3. The zero-order valence-corrected chi connectivity index (χ0v) is 62.1. The van der Waals surface area contributed by atoms with Gasteiger partial charge in [0.25, 0.3) is 0 Å². The maximum absolute atomic E-state index is 15.7. The fourth-order valence-corrected chi connectivity index (χ4v) is 15.3. The molecule has 26 nitrogen and oxygen atoms in total. The van der Waals surface area contributed by atoms with E-state index in [9.17, 15) is 41.9 Å². The summed E-state index contributed by atoms with van der Waals surface area (Å²) in [6.45, 7) is 14.0. The first-order chi connectivity index (χ1) is 47.5. The number of likely N-dealkylation sites (N-methyl/N-ethyl adjacent to an activating group) is 6. The number of nitrogens with one attached hydrogen (secondary N) is 3. The molecular weight excluding hydrogens is 1340 g/mol. The van der Waals surface area contributed by atoms with Gasteiger partial charge in [0.1, 0.15) is 59.9 Å². The molecule has 2 bridgehead atoms. The van der Waals surface area contributed by atoms with Crippen molar-refractivity contribution in [1.82, 2.24) is 60.0 Å². The van der Waals surface area contributed by atoms with Gasteiger partial charge >= 0.3 is 6.18 Å². The Morgan fingerprint density at radius 2 is 1.33 bits per heavy atom. The number of hydrogen-bond donors (Lipinski definition) is 3. The fourth-order valence-electron chi connectivity index (χ4n) is 15.0. The van der Waals surface area contributed by atoms with Crippen molar-refractivity contribution in [3.8, 4) is 0 Å². The third-order valence-electron chi connectivity index (χ3n) is 21.9. The average Bonchev–Trinajstić information content (AvgIpc) is 1.77. The third-order valence-corrected chi connectivity index (χ3v) is 22.2. The molecule has 12 amide bonds. The molecule has 1 aromatic rings. The van der Waals surface area contributed by atoms with Gasteiger partial charge in [0.05, 0.1) is 55.5 Å². The number of hydrogen-bond acceptors (Lipinski definition) is 14. The molecule has 564 valence electrons. The van der Waals surface area contributed by atoms with Crippen molar-refractivity contribution in [1.29, 1.82) is 0 Å². The van der Waals surface area contributed by atoms with Gasteiger partial charge in [-0.3, -0.25) is 57.5 Å². The van der Waals surface area contributed by atoms with Crippen LogP contribution in [0, 0.1) is 17.8 Å². The molecule has 6 aliphatic rings. The van der Waals surface area contributed by atoms with E-state index in [2.05, 4.69) is 16.0 Å². The second-order valence-corrected chi connectivity index (χ2v) is 29.6. The van der Waals surface area contributed by atoms with Crippen molar-refractivity contribution in [2.24, 2.45) is 17.8 Å². The molecule has 5 saturated heterocycles. The highest BCUT2D eigenvalue weighted by Crippen LogP contribution is 2.38. The summed E-state index contributed by atoms with van der Waals surface area (Å²) in [5, 5.41) is 8.08. The number of alkyl halides is 3. The van der Waals surface area contributed by atoms with Crippen LogP contribution in [0.3, 0.4) is 0 Å². The van der Waals surface area contributed by atoms with Gasteiger partial charge in [0, 0.05) is 62.0 Å². The molecule has 13 atom stereocenters. The van der Waals surface area contributed by atoms with Crippen LogP contribution in [0.2, 0.25) is 5.02 Å². The number of benzene rings is 1. The molecular formula is C71H108ClF3N12O14. The largest absolute Gasteiger partial charge is 0.417 e. The number of carbonyl (C=O) groups excluding carboxylic acids is 12. The van der Waals surface area contributed by atoms with Crippen LogP contribution in [-0.4, -0.2) is 275 Å². The molecule has 101 heavy (non-hydrogen) atoms. The van der Waals surface area contributed by atoms with Gasteiger partial charge in [-0.05, 0) is 113 Å². The van der Waals surface area contributed by atoms with E-state index in [1.54, 1.807) is 18.7 Å². The standard InChI is InChI=1S/C71H108ClF3N12O14/c1-15-33-100-40-55-64(94)79(9)37-56(88)76-50(27-23-45-22-26-48(49(72)35-45)71(73,74)75)63(93)85-31-20-21-51(85)61(91)78-70(29-18-19-30-70)69(99)84(14)59(43(7)17-3)68(98)82(12)54(66(96)87-46-24-25-47(87)39-101-38-46)36-57(89)81(11)53(34-41(4)5)60(90)77-58(42(6)16-2)67(97)80(10)44(8)62(92)86-32-28-52(86)65(95)83(55)13/h22,26,35,41-44,46-47,50-55,58-59H,15-21,23-25,27-34,36-40H2,1-14H3,(H,76,88)(H,77,90)(H,78,91)/t42-,43-,44-,46?,47?,50-,51-,52-,53-,54-,55-,58-,59-/m0/s1. The summed E-state index contributed by atoms with van der Waals surface area (Å²) < 4.78 is 53.3. The van der Waals surface area contributed by atoms with E-state index in [1.165, 1.54) is 84.7 Å². The Morgan fingerprint density at radius 3 is 1.90 bits per heavy atom. The van der Waals surface area contributed by atoms with Crippen molar-refractivity contribution >= 4 is 82.5 Å². The van der Waals surface area contributed by atoms with E-state index in [0.717, 1.165) is 21.9 Å². The second kappa shape index (κ2) is 34.9. The molecule has 0 radical (unpaired) electrons. The molecule has 5 heterocycles. The SMILES string of the molecule is CCCOC[C@H]1C(=O)N(C)CC(=O)N[C@@H](CCc2ccc(C(F)(F)F)c(Cl)c2)C(=O)N2CCC[C@H]2C(=O)NC2(CCCC2)C(=O)N(C)[C@@H]([C@@H](C)CC)C(=O)N(C)[C@H](C(=O)N2C3CCC2COC3)CC(=O)N(C)[C@@H](CC(C)C)C(=O)N[C@@H]([C@@H](C)CC)C(=O)N(C)[C@@H](C)C(=O)N2CC[C@H]2C(=O)N1C. The summed E-state index contributed by atoms with van der Waals surface area (Å²) in [6.07, 6.45) is -1.24. The van der Waals surface area contributed by atoms with Gasteiger partial charge < -0.3 is 69.5 Å². The Morgan fingerprint density at radius 1 is 0.693 bits per heavy atom. The van der Waals surface area contributed by atoms with Crippen molar-refractivity contribution in [2.45, 2.75) is 236 Å². The quantitative estimate of drug-likeness (QED) is 0.220. The Hall–Kier alpha value is -7.14. The number of nitrogens with zero attached hydrogens (tertiary/aromatic N) is 9. The van der Waals surface area contributed by atoms with Gasteiger partial charge in [-0.25, -0.2) is 0 Å². The van der Waals surface area contributed by atoms with Crippen LogP contribution in [0.5, 0.6) is 0 Å². The number of fused-ring (bicyclic) bond motifs is 4. The number of amides is 12. The van der Waals surface area contributed by atoms with Crippen molar-refractivity contribution in [2.75, 3.05) is 88.3 Å². The lowest BCUT2D eigenvalue weighted by Crippen LogP contribution is -2.65. The molecule has 1 aromatic carbocycles. The zero-order chi connectivity index (χ0) is 74.9. The van der Waals surface area contributed by atoms with Crippen LogP contribution in [0.4, 0.5) is 13.2 Å². The molecule has 1 aliphatic carbocycles. The highest BCUT2D eigenvalue weighted by molar-refractivity contribution is 6.31. The predicted molar refractivity (Wildman–Crippen MR) is 367 cm³/mol. The van der Waals surface area contributed by atoms with Crippen molar-refractivity contribution in [3.05, 3.63) is 34.3 Å². The second-order valence-electron chi connectivity index (χ2n) is 29.2. The molecule has 1 saturated carbocycles. The van der Waals surface area contributed by atoms with E-state index in [4.69, 9.17) is 21.1 Å². The summed E-state index contributed by atoms with van der Waals surface area (Å²) >= 11 is 6.14. The minimum atomic E-state index is -4.77. The monoisotopic (exact) mass is 1440 g/mol. The molecule has 7 rings (SSSR count). The molecule has 0 aromatic heterocycles. The van der Waals surface area contributed by atoms with Crippen LogP contribution in [0.15, 0.2) is 18.2 Å². The normalized spacial score (nSPS) is 28.7. The molecule has 5 aliphatic heterocycles. The number of rotatable bonds is 14. The van der Waals surface area contributed by atoms with Gasteiger partial charge in [0.15, 0.2) is 0 Å². The number of morpholine rings is 1. The lowest BCUT2D eigenvalue weighted by atomic mass is 9.90. The van der Waals surface area contributed by atoms with Crippen LogP contribution in [-0.2, 0) is 79.6 Å². The van der Waals surface area contributed by atoms with Gasteiger partial charge in [0.2, 0.25) is 70.9 Å². The molecule has 3 N–H and O–H groups in total. The van der Waals surface area contributed by atoms with E-state index < -0.39 is 172 Å². The maximum atomic E-state index is 15.7. The number of halogens is 4. The van der Waals surface area contributed by atoms with Crippen molar-refractivity contribution in [3.63, 3.8) is 0 Å². The summed E-state index contributed by atoms with van der Waals surface area (Å²) in [6, 6.07) is -9.14. The van der Waals surface area contributed by atoms with Crippen LogP contribution in [0.25, 0.3) is 0 Å². The molecule has 30 heteroatoms. The molecule has 1 spiro atoms. The van der Waals surface area contributed by atoms with Crippen LogP contribution < -0.4 is 16.0 Å². The Kier molecular flexibility index (Phi) is 28.0. The molecule has 2 unspecified atom stereocenters. The van der Waals surface area contributed by atoms with Crippen LogP contribution in [0.1, 0.15) is 163 Å². The fraction of sp³-hybridized carbons (Fsp3) is 0.746. The Balaban J connectivity index is 1.30. The average molecular weight is 1450 g/mol. The first-order valence-corrected chi connectivity index (χ1v) is 36.4. The van der Waals surface area contributed by atoms with Crippen LogP contribution >= 0.6 is 11.6 Å². The minimum absolute atomic E-state index is 0.0114. The van der Waals surface area contributed by atoms with E-state index in [1.807, 2.05) is 34.6 Å². The predicted octanol–water partition coefficient (Wildman–Crippen LogP) is 4.25. The number of ether oxygens (including phenoxy) is 2. The summed E-state index contributed by atoms with van der Waals surface area (Å²) in [4.78, 5) is 192. The first-order valence-electron chi connectivity index (χ1n) is 36.0. The smallest absolute Gasteiger partial charge is 0.379 e. The lowest BCUT2D eigenvalue weighted by molar-refractivity contribution is -0.161. The van der Waals surface area contributed by atoms with Crippen molar-refractivity contribution < 1.29 is 80.2 Å². The Labute approximate surface area is 597 Å². The van der Waals surface area contributed by atoms with Gasteiger partial charge in [-0.2, -0.15) is 13.2 Å². The minimum Gasteiger partial charge on any atom is -0.379 e. The summed E-state index contributed by atoms with van der Waals surface area (Å²) in [5.41, 5.74) is -2.41. The topological polar surface area (TPSA) is 289 Å². The van der Waals surface area contributed by atoms with Gasteiger partial charge in [-0.15, -0.1) is 0 Å². The summed E-state index contributed by atoms with van der Waals surface area (Å²) in [7, 11) is 8.38. The summed E-state index contributed by atoms with van der Waals surface area (Å²) in [5.74, 6) is -9.45. The lowest BCUT2D eigenvalue weighted by Gasteiger charge is -2.45. The Bertz CT molecular complexity index is 3200. The third kappa shape index (κ3) is 18.4. The van der Waals surface area contributed by atoms with Gasteiger partial charge in [-0.1, -0.05) is 91.8 Å². The van der Waals surface area contributed by atoms with E-state index >= 15 is 28.8 Å². The molecule has 6 fully saturated rings.